The van der Waals surface area contributed by atoms with Crippen molar-refractivity contribution in [3.63, 3.8) is 0 Å². The second-order valence-corrected chi connectivity index (χ2v) is 5.32. The molecule has 1 aliphatic carbocycles. The molecular weight excluding hydrogens is 260 g/mol. The van der Waals surface area contributed by atoms with Gasteiger partial charge in [0.05, 0.1) is 24.3 Å². The molecular formula is C14H16N2O4. The third-order valence-corrected chi connectivity index (χ3v) is 4.16. The van der Waals surface area contributed by atoms with Crippen molar-refractivity contribution < 1.29 is 19.4 Å². The first kappa shape index (κ1) is 13.1. The number of aromatic nitrogens is 1. The first-order valence-corrected chi connectivity index (χ1v) is 6.71. The fraction of sp³-hybridized carbons (Fsp3) is 0.500. The normalized spacial score (nSPS) is 20.5. The zero-order valence-electron chi connectivity index (χ0n) is 11.0. The summed E-state index contributed by atoms with van der Waals surface area (Å²) in [6.07, 6.45) is 4.40. The summed E-state index contributed by atoms with van der Waals surface area (Å²) in [4.78, 5) is 29.0. The molecule has 6 nitrogen and oxygen atoms in total. The van der Waals surface area contributed by atoms with E-state index in [0.717, 1.165) is 19.3 Å². The van der Waals surface area contributed by atoms with Crippen molar-refractivity contribution in [1.29, 1.82) is 0 Å². The van der Waals surface area contributed by atoms with Gasteiger partial charge in [0.1, 0.15) is 5.69 Å². The molecule has 3 rings (SSSR count). The molecule has 1 saturated carbocycles. The minimum absolute atomic E-state index is 0.0538. The SMILES string of the molecule is O=C(O)c1ccc(C(=O)N2CCOCC23CCC3)cn1. The predicted molar refractivity (Wildman–Crippen MR) is 69.6 cm³/mol. The molecule has 0 radical (unpaired) electrons. The number of morpholine rings is 1. The third kappa shape index (κ3) is 2.06. The molecule has 6 heteroatoms. The largest absolute Gasteiger partial charge is 0.477 e. The van der Waals surface area contributed by atoms with Crippen LogP contribution >= 0.6 is 0 Å². The monoisotopic (exact) mass is 276 g/mol. The first-order valence-electron chi connectivity index (χ1n) is 6.71. The van der Waals surface area contributed by atoms with Crippen LogP contribution in [-0.2, 0) is 4.74 Å². The third-order valence-electron chi connectivity index (χ3n) is 4.16. The Morgan fingerprint density at radius 1 is 1.35 bits per heavy atom. The zero-order valence-corrected chi connectivity index (χ0v) is 11.0. The van der Waals surface area contributed by atoms with Gasteiger partial charge in [0, 0.05) is 12.7 Å². The van der Waals surface area contributed by atoms with E-state index >= 15 is 0 Å². The van der Waals surface area contributed by atoms with E-state index in [1.165, 1.54) is 18.3 Å². The lowest BCUT2D eigenvalue weighted by Gasteiger charge is -2.52. The van der Waals surface area contributed by atoms with Crippen LogP contribution in [0, 0.1) is 0 Å². The Balaban J connectivity index is 1.82. The molecule has 1 aromatic rings. The van der Waals surface area contributed by atoms with E-state index < -0.39 is 5.97 Å². The molecule has 1 saturated heterocycles. The van der Waals surface area contributed by atoms with Gasteiger partial charge in [-0.3, -0.25) is 4.79 Å². The second-order valence-electron chi connectivity index (χ2n) is 5.32. The van der Waals surface area contributed by atoms with Crippen LogP contribution < -0.4 is 0 Å². The smallest absolute Gasteiger partial charge is 0.354 e. The van der Waals surface area contributed by atoms with Crippen molar-refractivity contribution in [1.82, 2.24) is 9.88 Å². The number of amides is 1. The van der Waals surface area contributed by atoms with Gasteiger partial charge >= 0.3 is 5.97 Å². The van der Waals surface area contributed by atoms with Crippen LogP contribution in [0.2, 0.25) is 0 Å². The maximum absolute atomic E-state index is 12.6. The molecule has 2 aliphatic rings. The number of pyridine rings is 1. The lowest BCUT2D eigenvalue weighted by atomic mass is 9.75. The van der Waals surface area contributed by atoms with Gasteiger partial charge in [-0.05, 0) is 31.4 Å². The average Bonchev–Trinajstić information content (AvgIpc) is 2.45. The van der Waals surface area contributed by atoms with Crippen molar-refractivity contribution in [2.45, 2.75) is 24.8 Å². The Labute approximate surface area is 116 Å². The molecule has 1 spiro atoms. The molecule has 0 unspecified atom stereocenters. The van der Waals surface area contributed by atoms with Gasteiger partial charge in [-0.1, -0.05) is 0 Å². The molecule has 0 atom stereocenters. The number of carboxylic acids is 1. The Bertz CT molecular complexity index is 537. The molecule has 1 N–H and O–H groups in total. The summed E-state index contributed by atoms with van der Waals surface area (Å²) < 4.78 is 5.51. The minimum atomic E-state index is -1.09. The number of hydrogen-bond acceptors (Lipinski definition) is 4. The molecule has 2 fully saturated rings. The summed E-state index contributed by atoms with van der Waals surface area (Å²) >= 11 is 0. The number of aromatic carboxylic acids is 1. The lowest BCUT2D eigenvalue weighted by molar-refractivity contribution is -0.0877. The zero-order chi connectivity index (χ0) is 14.2. The van der Waals surface area contributed by atoms with Gasteiger partial charge in [0.25, 0.3) is 5.91 Å². The van der Waals surface area contributed by atoms with E-state index in [9.17, 15) is 9.59 Å². The molecule has 1 aromatic heterocycles. The predicted octanol–water partition coefficient (Wildman–Crippen LogP) is 1.17. The number of nitrogens with zero attached hydrogens (tertiary/aromatic N) is 2. The van der Waals surface area contributed by atoms with E-state index in [1.807, 2.05) is 4.90 Å². The van der Waals surface area contributed by atoms with Crippen molar-refractivity contribution in [2.75, 3.05) is 19.8 Å². The number of carbonyl (C=O) groups is 2. The van der Waals surface area contributed by atoms with E-state index in [1.54, 1.807) is 0 Å². The van der Waals surface area contributed by atoms with Gasteiger partial charge in [-0.15, -0.1) is 0 Å². The molecule has 1 aliphatic heterocycles. The van der Waals surface area contributed by atoms with Gasteiger partial charge in [0.2, 0.25) is 0 Å². The standard InChI is InChI=1S/C14H16N2O4/c17-12(10-2-3-11(13(18)19)15-8-10)16-6-7-20-9-14(16)4-1-5-14/h2-3,8H,1,4-7,9H2,(H,18,19). The van der Waals surface area contributed by atoms with Crippen LogP contribution in [0.3, 0.4) is 0 Å². The van der Waals surface area contributed by atoms with E-state index in [-0.39, 0.29) is 17.1 Å². The fourth-order valence-electron chi connectivity index (χ4n) is 2.85. The summed E-state index contributed by atoms with van der Waals surface area (Å²) in [5.74, 6) is -1.18. The molecule has 106 valence electrons. The topological polar surface area (TPSA) is 79.7 Å². The Kier molecular flexibility index (Phi) is 3.17. The number of hydrogen-bond donors (Lipinski definition) is 1. The van der Waals surface area contributed by atoms with E-state index in [4.69, 9.17) is 9.84 Å². The van der Waals surface area contributed by atoms with Crippen molar-refractivity contribution in [3.8, 4) is 0 Å². The molecule has 0 bridgehead atoms. The van der Waals surface area contributed by atoms with Gasteiger partial charge in [-0.25, -0.2) is 9.78 Å². The highest BCUT2D eigenvalue weighted by Gasteiger charge is 2.47. The van der Waals surface area contributed by atoms with Crippen LogP contribution in [-0.4, -0.2) is 52.2 Å². The molecule has 1 amide bonds. The molecule has 20 heavy (non-hydrogen) atoms. The van der Waals surface area contributed by atoms with Crippen molar-refractivity contribution in [3.05, 3.63) is 29.6 Å². The van der Waals surface area contributed by atoms with Crippen LogP contribution in [0.4, 0.5) is 0 Å². The van der Waals surface area contributed by atoms with Crippen LogP contribution in [0.25, 0.3) is 0 Å². The van der Waals surface area contributed by atoms with Gasteiger partial charge < -0.3 is 14.7 Å². The maximum Gasteiger partial charge on any atom is 0.354 e. The van der Waals surface area contributed by atoms with Crippen molar-refractivity contribution >= 4 is 11.9 Å². The average molecular weight is 276 g/mol. The van der Waals surface area contributed by atoms with E-state index in [2.05, 4.69) is 4.98 Å². The van der Waals surface area contributed by atoms with Crippen LogP contribution in [0.15, 0.2) is 18.3 Å². The molecule has 2 heterocycles. The van der Waals surface area contributed by atoms with Crippen LogP contribution in [0.1, 0.15) is 40.1 Å². The van der Waals surface area contributed by atoms with Gasteiger partial charge in [0.15, 0.2) is 0 Å². The highest BCUT2D eigenvalue weighted by molar-refractivity contribution is 5.95. The summed E-state index contributed by atoms with van der Waals surface area (Å²) in [7, 11) is 0. The lowest BCUT2D eigenvalue weighted by Crippen LogP contribution is -2.62. The summed E-state index contributed by atoms with van der Waals surface area (Å²) in [6.45, 7) is 1.73. The highest BCUT2D eigenvalue weighted by Crippen LogP contribution is 2.40. The Morgan fingerprint density at radius 3 is 2.70 bits per heavy atom. The number of ether oxygens (including phenoxy) is 1. The maximum atomic E-state index is 12.6. The highest BCUT2D eigenvalue weighted by atomic mass is 16.5. The van der Waals surface area contributed by atoms with Crippen molar-refractivity contribution in [2.24, 2.45) is 0 Å². The number of rotatable bonds is 2. The van der Waals surface area contributed by atoms with Gasteiger partial charge in [-0.2, -0.15) is 0 Å². The second kappa shape index (κ2) is 4.86. The Morgan fingerprint density at radius 2 is 2.15 bits per heavy atom. The number of carbonyl (C=O) groups excluding carboxylic acids is 1. The first-order chi connectivity index (χ1) is 9.62. The summed E-state index contributed by atoms with van der Waals surface area (Å²) in [5.41, 5.74) is 0.228. The Hall–Kier alpha value is -1.95. The summed E-state index contributed by atoms with van der Waals surface area (Å²) in [5, 5.41) is 8.82. The summed E-state index contributed by atoms with van der Waals surface area (Å²) in [6, 6.07) is 2.89. The van der Waals surface area contributed by atoms with E-state index in [0.29, 0.717) is 25.3 Å². The molecule has 0 aromatic carbocycles. The number of carboxylic acid groups (broad SMARTS) is 1. The van der Waals surface area contributed by atoms with Crippen LogP contribution in [0.5, 0.6) is 0 Å². The minimum Gasteiger partial charge on any atom is -0.477 e. The quantitative estimate of drug-likeness (QED) is 0.877. The fourth-order valence-corrected chi connectivity index (χ4v) is 2.85.